The van der Waals surface area contributed by atoms with Crippen LogP contribution in [0.5, 0.6) is 0 Å². The molecule has 2 atom stereocenters. The number of hydrogen-bond donors (Lipinski definition) is 2. The average molecular weight is 316 g/mol. The minimum atomic E-state index is -0.546. The van der Waals surface area contributed by atoms with Crippen molar-refractivity contribution in [3.05, 3.63) is 35.4 Å². The second-order valence-corrected chi connectivity index (χ2v) is 6.92. The lowest BCUT2D eigenvalue weighted by Gasteiger charge is -2.29. The van der Waals surface area contributed by atoms with Gasteiger partial charge in [0.15, 0.2) is 0 Å². The minimum Gasteiger partial charge on any atom is -0.345 e. The molecule has 4 nitrogen and oxygen atoms in total. The molecule has 23 heavy (non-hydrogen) atoms. The normalized spacial score (nSPS) is 21.0. The zero-order valence-corrected chi connectivity index (χ0v) is 14.4. The summed E-state index contributed by atoms with van der Waals surface area (Å²) in [4.78, 5) is 23.9. The SMILES string of the molecule is CC(C)c1ccc(CNC(=O)C(=O)N[C@@H]2CCCC[C@H]2C)cc1. The van der Waals surface area contributed by atoms with E-state index in [9.17, 15) is 9.59 Å². The van der Waals surface area contributed by atoms with Crippen LogP contribution in [0, 0.1) is 5.92 Å². The Morgan fingerprint density at radius 3 is 2.35 bits per heavy atom. The lowest BCUT2D eigenvalue weighted by Crippen LogP contribution is -2.47. The van der Waals surface area contributed by atoms with E-state index < -0.39 is 11.8 Å². The van der Waals surface area contributed by atoms with E-state index in [1.165, 1.54) is 12.0 Å². The minimum absolute atomic E-state index is 0.132. The average Bonchev–Trinajstić information content (AvgIpc) is 2.55. The molecular weight excluding hydrogens is 288 g/mol. The van der Waals surface area contributed by atoms with E-state index in [2.05, 4.69) is 43.5 Å². The van der Waals surface area contributed by atoms with Gasteiger partial charge in [0, 0.05) is 12.6 Å². The van der Waals surface area contributed by atoms with Gasteiger partial charge in [-0.1, -0.05) is 57.9 Å². The molecule has 0 spiro atoms. The van der Waals surface area contributed by atoms with Gasteiger partial charge in [-0.3, -0.25) is 9.59 Å². The summed E-state index contributed by atoms with van der Waals surface area (Å²) in [6.07, 6.45) is 4.43. The van der Waals surface area contributed by atoms with Gasteiger partial charge in [-0.25, -0.2) is 0 Å². The van der Waals surface area contributed by atoms with Crippen molar-refractivity contribution in [2.24, 2.45) is 5.92 Å². The Balaban J connectivity index is 1.80. The molecule has 2 rings (SSSR count). The third kappa shape index (κ3) is 5.08. The second-order valence-electron chi connectivity index (χ2n) is 6.92. The van der Waals surface area contributed by atoms with E-state index in [1.807, 2.05) is 12.1 Å². The van der Waals surface area contributed by atoms with E-state index in [0.29, 0.717) is 18.4 Å². The van der Waals surface area contributed by atoms with Gasteiger partial charge in [-0.2, -0.15) is 0 Å². The largest absolute Gasteiger partial charge is 0.345 e. The van der Waals surface area contributed by atoms with Gasteiger partial charge >= 0.3 is 11.8 Å². The first-order chi connectivity index (χ1) is 11.0. The highest BCUT2D eigenvalue weighted by molar-refractivity contribution is 6.35. The number of hydrogen-bond acceptors (Lipinski definition) is 2. The van der Waals surface area contributed by atoms with Crippen molar-refractivity contribution in [1.29, 1.82) is 0 Å². The third-order valence-corrected chi connectivity index (χ3v) is 4.73. The molecular formula is C19H28N2O2. The molecule has 1 fully saturated rings. The van der Waals surface area contributed by atoms with Crippen molar-refractivity contribution in [2.75, 3.05) is 0 Å². The molecule has 4 heteroatoms. The lowest BCUT2D eigenvalue weighted by atomic mass is 9.86. The number of rotatable bonds is 4. The van der Waals surface area contributed by atoms with Crippen LogP contribution >= 0.6 is 0 Å². The Morgan fingerprint density at radius 1 is 1.09 bits per heavy atom. The van der Waals surface area contributed by atoms with Gasteiger partial charge in [0.1, 0.15) is 0 Å². The molecule has 0 aliphatic heterocycles. The molecule has 0 aromatic heterocycles. The maximum absolute atomic E-state index is 12.0. The molecule has 1 aromatic carbocycles. The van der Waals surface area contributed by atoms with Crippen LogP contribution in [0.4, 0.5) is 0 Å². The van der Waals surface area contributed by atoms with Gasteiger partial charge in [0.25, 0.3) is 0 Å². The van der Waals surface area contributed by atoms with Crippen LogP contribution < -0.4 is 10.6 Å². The number of carbonyl (C=O) groups excluding carboxylic acids is 2. The zero-order chi connectivity index (χ0) is 16.8. The Morgan fingerprint density at radius 2 is 1.74 bits per heavy atom. The third-order valence-electron chi connectivity index (χ3n) is 4.73. The molecule has 2 N–H and O–H groups in total. The topological polar surface area (TPSA) is 58.2 Å². The summed E-state index contributed by atoms with van der Waals surface area (Å²) < 4.78 is 0. The molecule has 1 aromatic rings. The monoisotopic (exact) mass is 316 g/mol. The predicted molar refractivity (Wildman–Crippen MR) is 91.9 cm³/mol. The molecule has 0 saturated heterocycles. The first-order valence-corrected chi connectivity index (χ1v) is 8.65. The Labute approximate surface area is 139 Å². The molecule has 1 saturated carbocycles. The second kappa shape index (κ2) is 8.14. The smallest absolute Gasteiger partial charge is 0.309 e. The molecule has 0 bridgehead atoms. The highest BCUT2D eigenvalue weighted by atomic mass is 16.2. The Bertz CT molecular complexity index is 537. The Kier molecular flexibility index (Phi) is 6.20. The van der Waals surface area contributed by atoms with Crippen molar-refractivity contribution in [1.82, 2.24) is 10.6 Å². The van der Waals surface area contributed by atoms with Crippen molar-refractivity contribution in [2.45, 2.75) is 65.0 Å². The number of amides is 2. The van der Waals surface area contributed by atoms with Gasteiger partial charge in [-0.15, -0.1) is 0 Å². The van der Waals surface area contributed by atoms with Crippen molar-refractivity contribution >= 4 is 11.8 Å². The molecule has 126 valence electrons. The number of nitrogens with one attached hydrogen (secondary N) is 2. The maximum atomic E-state index is 12.0. The standard InChI is InChI=1S/C19H28N2O2/c1-13(2)16-10-8-15(9-11-16)12-20-18(22)19(23)21-17-7-5-4-6-14(17)3/h8-11,13-14,17H,4-7,12H2,1-3H3,(H,20,22)(H,21,23)/t14-,17-/m1/s1. The van der Waals surface area contributed by atoms with Crippen LogP contribution in [0.25, 0.3) is 0 Å². The lowest BCUT2D eigenvalue weighted by molar-refractivity contribution is -0.140. The van der Waals surface area contributed by atoms with Gasteiger partial charge in [0.2, 0.25) is 0 Å². The van der Waals surface area contributed by atoms with Crippen molar-refractivity contribution < 1.29 is 9.59 Å². The summed E-state index contributed by atoms with van der Waals surface area (Å²) in [5.41, 5.74) is 2.27. The quantitative estimate of drug-likeness (QED) is 0.839. The molecule has 1 aliphatic carbocycles. The van der Waals surface area contributed by atoms with Crippen molar-refractivity contribution in [3.63, 3.8) is 0 Å². The van der Waals surface area contributed by atoms with Gasteiger partial charge in [-0.05, 0) is 35.8 Å². The first-order valence-electron chi connectivity index (χ1n) is 8.65. The van der Waals surface area contributed by atoms with E-state index in [-0.39, 0.29) is 6.04 Å². The van der Waals surface area contributed by atoms with Crippen LogP contribution in [-0.2, 0) is 16.1 Å². The first kappa shape index (κ1) is 17.5. The summed E-state index contributed by atoms with van der Waals surface area (Å²) in [7, 11) is 0. The number of carbonyl (C=O) groups is 2. The fourth-order valence-corrected chi connectivity index (χ4v) is 3.05. The molecule has 2 amide bonds. The highest BCUT2D eigenvalue weighted by Gasteiger charge is 2.25. The van der Waals surface area contributed by atoms with E-state index >= 15 is 0 Å². The summed E-state index contributed by atoms with van der Waals surface area (Å²) in [6.45, 7) is 6.81. The summed E-state index contributed by atoms with van der Waals surface area (Å²) in [5, 5.41) is 5.58. The van der Waals surface area contributed by atoms with Crippen LogP contribution in [0.1, 0.15) is 63.5 Å². The molecule has 0 unspecified atom stereocenters. The predicted octanol–water partition coefficient (Wildman–Crippen LogP) is 3.12. The van der Waals surface area contributed by atoms with Gasteiger partial charge in [0.05, 0.1) is 0 Å². The van der Waals surface area contributed by atoms with Crippen LogP contribution in [-0.4, -0.2) is 17.9 Å². The van der Waals surface area contributed by atoms with E-state index in [4.69, 9.17) is 0 Å². The summed E-state index contributed by atoms with van der Waals surface area (Å²) >= 11 is 0. The van der Waals surface area contributed by atoms with Crippen LogP contribution in [0.15, 0.2) is 24.3 Å². The van der Waals surface area contributed by atoms with Crippen LogP contribution in [0.3, 0.4) is 0 Å². The molecule has 1 aliphatic rings. The summed E-state index contributed by atoms with van der Waals surface area (Å²) in [6, 6.07) is 8.26. The maximum Gasteiger partial charge on any atom is 0.309 e. The molecule has 0 radical (unpaired) electrons. The number of benzene rings is 1. The van der Waals surface area contributed by atoms with E-state index in [0.717, 1.165) is 24.8 Å². The molecule has 0 heterocycles. The highest BCUT2D eigenvalue weighted by Crippen LogP contribution is 2.23. The van der Waals surface area contributed by atoms with E-state index in [1.54, 1.807) is 0 Å². The Hall–Kier alpha value is -1.84. The summed E-state index contributed by atoms with van der Waals surface area (Å²) in [5.74, 6) is -0.121. The van der Waals surface area contributed by atoms with Gasteiger partial charge < -0.3 is 10.6 Å². The van der Waals surface area contributed by atoms with Crippen LogP contribution in [0.2, 0.25) is 0 Å². The fraction of sp³-hybridized carbons (Fsp3) is 0.579. The zero-order valence-electron chi connectivity index (χ0n) is 14.4. The van der Waals surface area contributed by atoms with Crippen molar-refractivity contribution in [3.8, 4) is 0 Å². The fourth-order valence-electron chi connectivity index (χ4n) is 3.05.